The SMILES string of the molecule is CCN(C)/C=N\c1cc(Cl)c(Cc2cccc(Cl)c2F)cc1C. The predicted molar refractivity (Wildman–Crippen MR) is 96.9 cm³/mol. The van der Waals surface area contributed by atoms with Crippen LogP contribution in [0.2, 0.25) is 10.0 Å². The standard InChI is InChI=1S/C18H19Cl2FN2/c1-4-23(3)11-22-17-10-16(20)14(8-12(17)2)9-13-6-5-7-15(19)18(13)21/h5-8,10-11H,4,9H2,1-3H3/b22-11-. The van der Waals surface area contributed by atoms with Crippen molar-refractivity contribution in [3.05, 3.63) is 62.9 Å². The van der Waals surface area contributed by atoms with Gasteiger partial charge in [0.1, 0.15) is 5.82 Å². The van der Waals surface area contributed by atoms with Gasteiger partial charge in [0.15, 0.2) is 0 Å². The normalized spacial score (nSPS) is 11.2. The van der Waals surface area contributed by atoms with Crippen LogP contribution in [-0.4, -0.2) is 24.8 Å². The lowest BCUT2D eigenvalue weighted by molar-refractivity contribution is 0.552. The van der Waals surface area contributed by atoms with Crippen LogP contribution in [0, 0.1) is 12.7 Å². The smallest absolute Gasteiger partial charge is 0.145 e. The number of rotatable bonds is 5. The molecule has 0 bridgehead atoms. The number of nitrogens with zero attached hydrogens (tertiary/aromatic N) is 2. The van der Waals surface area contributed by atoms with Gasteiger partial charge in [-0.05, 0) is 42.7 Å². The maximum Gasteiger partial charge on any atom is 0.145 e. The Labute approximate surface area is 146 Å². The Kier molecular flexibility index (Phi) is 6.03. The van der Waals surface area contributed by atoms with Crippen molar-refractivity contribution in [2.24, 2.45) is 4.99 Å². The summed E-state index contributed by atoms with van der Waals surface area (Å²) in [6, 6.07) is 8.75. The summed E-state index contributed by atoms with van der Waals surface area (Å²) >= 11 is 12.2. The molecular formula is C18H19Cl2FN2. The monoisotopic (exact) mass is 352 g/mol. The van der Waals surface area contributed by atoms with Crippen LogP contribution in [0.3, 0.4) is 0 Å². The Morgan fingerprint density at radius 2 is 1.91 bits per heavy atom. The highest BCUT2D eigenvalue weighted by atomic mass is 35.5. The van der Waals surface area contributed by atoms with Gasteiger partial charge < -0.3 is 4.90 Å². The third kappa shape index (κ3) is 4.46. The van der Waals surface area contributed by atoms with E-state index in [9.17, 15) is 4.39 Å². The molecule has 0 aliphatic carbocycles. The lowest BCUT2D eigenvalue weighted by Crippen LogP contribution is -2.14. The maximum atomic E-state index is 14.0. The third-order valence-electron chi connectivity index (χ3n) is 3.67. The highest BCUT2D eigenvalue weighted by Crippen LogP contribution is 2.30. The molecule has 0 aliphatic rings. The molecular weight excluding hydrogens is 334 g/mol. The minimum Gasteiger partial charge on any atom is -0.366 e. The van der Waals surface area contributed by atoms with E-state index in [2.05, 4.69) is 11.9 Å². The van der Waals surface area contributed by atoms with Gasteiger partial charge in [-0.1, -0.05) is 41.4 Å². The summed E-state index contributed by atoms with van der Waals surface area (Å²) in [5.74, 6) is -0.394. The zero-order valence-electron chi connectivity index (χ0n) is 13.4. The van der Waals surface area contributed by atoms with Crippen molar-refractivity contribution >= 4 is 35.2 Å². The Balaban J connectivity index is 2.30. The van der Waals surface area contributed by atoms with Crippen LogP contribution in [0.15, 0.2) is 35.3 Å². The van der Waals surface area contributed by atoms with Crippen molar-refractivity contribution in [1.29, 1.82) is 0 Å². The molecule has 2 aromatic rings. The molecule has 0 amide bonds. The van der Waals surface area contributed by atoms with Crippen LogP contribution in [0.5, 0.6) is 0 Å². The van der Waals surface area contributed by atoms with Gasteiger partial charge in [0.05, 0.1) is 17.0 Å². The van der Waals surface area contributed by atoms with E-state index >= 15 is 0 Å². The van der Waals surface area contributed by atoms with Crippen LogP contribution in [-0.2, 0) is 6.42 Å². The lowest BCUT2D eigenvalue weighted by atomic mass is 10.0. The highest BCUT2D eigenvalue weighted by molar-refractivity contribution is 6.31. The fourth-order valence-corrected chi connectivity index (χ4v) is 2.56. The molecule has 0 saturated carbocycles. The number of aryl methyl sites for hydroxylation is 1. The molecule has 2 aromatic carbocycles. The Morgan fingerprint density at radius 3 is 2.61 bits per heavy atom. The summed E-state index contributed by atoms with van der Waals surface area (Å²) in [7, 11) is 1.96. The van der Waals surface area contributed by atoms with Crippen LogP contribution in [0.1, 0.15) is 23.6 Å². The van der Waals surface area contributed by atoms with Crippen molar-refractivity contribution in [2.45, 2.75) is 20.3 Å². The van der Waals surface area contributed by atoms with E-state index in [1.807, 2.05) is 31.0 Å². The number of hydrogen-bond donors (Lipinski definition) is 0. The number of benzene rings is 2. The summed E-state index contributed by atoms with van der Waals surface area (Å²) in [4.78, 5) is 6.41. The molecule has 0 spiro atoms. The van der Waals surface area contributed by atoms with Crippen LogP contribution < -0.4 is 0 Å². The first-order chi connectivity index (χ1) is 10.9. The molecule has 5 heteroatoms. The molecule has 0 radical (unpaired) electrons. The first-order valence-corrected chi connectivity index (χ1v) is 8.14. The molecule has 0 unspecified atom stereocenters. The van der Waals surface area contributed by atoms with E-state index in [4.69, 9.17) is 23.2 Å². The third-order valence-corrected chi connectivity index (χ3v) is 4.31. The first kappa shape index (κ1) is 17.8. The molecule has 0 N–H and O–H groups in total. The highest BCUT2D eigenvalue weighted by Gasteiger charge is 2.11. The fourth-order valence-electron chi connectivity index (χ4n) is 2.14. The van der Waals surface area contributed by atoms with Gasteiger partial charge in [-0.15, -0.1) is 0 Å². The van der Waals surface area contributed by atoms with E-state index in [0.29, 0.717) is 17.0 Å². The van der Waals surface area contributed by atoms with Gasteiger partial charge >= 0.3 is 0 Å². The number of aliphatic imine (C=N–C) groups is 1. The van der Waals surface area contributed by atoms with E-state index in [1.165, 1.54) is 6.07 Å². The summed E-state index contributed by atoms with van der Waals surface area (Å²) < 4.78 is 14.0. The molecule has 2 nitrogen and oxygen atoms in total. The van der Waals surface area contributed by atoms with Crippen LogP contribution in [0.4, 0.5) is 10.1 Å². The summed E-state index contributed by atoms with van der Waals surface area (Å²) in [6.45, 7) is 4.89. The van der Waals surface area contributed by atoms with Gasteiger partial charge in [0.2, 0.25) is 0 Å². The second-order valence-electron chi connectivity index (χ2n) is 5.44. The molecule has 0 fully saturated rings. The molecule has 0 saturated heterocycles. The van der Waals surface area contributed by atoms with E-state index in [-0.39, 0.29) is 5.02 Å². The summed E-state index contributed by atoms with van der Waals surface area (Å²) in [6.07, 6.45) is 2.17. The summed E-state index contributed by atoms with van der Waals surface area (Å²) in [5.41, 5.74) is 3.19. The minimum absolute atomic E-state index is 0.124. The molecule has 0 atom stereocenters. The van der Waals surface area contributed by atoms with Gasteiger partial charge in [-0.2, -0.15) is 0 Å². The van der Waals surface area contributed by atoms with Gasteiger partial charge in [-0.3, -0.25) is 0 Å². The van der Waals surface area contributed by atoms with Crippen molar-refractivity contribution < 1.29 is 4.39 Å². The Hall–Kier alpha value is -1.58. The topological polar surface area (TPSA) is 15.6 Å². The molecule has 23 heavy (non-hydrogen) atoms. The van der Waals surface area contributed by atoms with E-state index < -0.39 is 5.82 Å². The first-order valence-electron chi connectivity index (χ1n) is 7.38. The maximum absolute atomic E-state index is 14.0. The summed E-state index contributed by atoms with van der Waals surface area (Å²) in [5, 5.41) is 0.695. The van der Waals surface area contributed by atoms with Crippen LogP contribution in [0.25, 0.3) is 0 Å². The molecule has 122 valence electrons. The second kappa shape index (κ2) is 7.80. The molecule has 0 heterocycles. The van der Waals surface area contributed by atoms with Crippen molar-refractivity contribution in [2.75, 3.05) is 13.6 Å². The molecule has 0 aliphatic heterocycles. The fraction of sp³-hybridized carbons (Fsp3) is 0.278. The van der Waals surface area contributed by atoms with Gasteiger partial charge in [0, 0.05) is 25.0 Å². The zero-order chi connectivity index (χ0) is 17.0. The molecule has 0 aromatic heterocycles. The quantitative estimate of drug-likeness (QED) is 0.501. The number of halogens is 3. The van der Waals surface area contributed by atoms with Crippen molar-refractivity contribution in [3.63, 3.8) is 0 Å². The number of hydrogen-bond acceptors (Lipinski definition) is 1. The van der Waals surface area contributed by atoms with E-state index in [1.54, 1.807) is 18.5 Å². The van der Waals surface area contributed by atoms with Crippen molar-refractivity contribution in [3.8, 4) is 0 Å². The Morgan fingerprint density at radius 1 is 1.17 bits per heavy atom. The lowest BCUT2D eigenvalue weighted by Gasteiger charge is -2.11. The zero-order valence-corrected chi connectivity index (χ0v) is 14.9. The average molecular weight is 353 g/mol. The minimum atomic E-state index is -0.394. The van der Waals surface area contributed by atoms with Gasteiger partial charge in [0.25, 0.3) is 0 Å². The van der Waals surface area contributed by atoms with Crippen molar-refractivity contribution in [1.82, 2.24) is 4.90 Å². The Bertz CT molecular complexity index is 729. The largest absolute Gasteiger partial charge is 0.366 e. The molecule has 2 rings (SSSR count). The van der Waals surface area contributed by atoms with E-state index in [0.717, 1.165) is 23.4 Å². The van der Waals surface area contributed by atoms with Crippen LogP contribution >= 0.6 is 23.2 Å². The second-order valence-corrected chi connectivity index (χ2v) is 6.25. The average Bonchev–Trinajstić information content (AvgIpc) is 2.53. The van der Waals surface area contributed by atoms with Gasteiger partial charge in [-0.25, -0.2) is 9.38 Å². The predicted octanol–water partition coefficient (Wildman–Crippen LogP) is 5.64.